The highest BCUT2D eigenvalue weighted by Crippen LogP contribution is 2.18. The van der Waals surface area contributed by atoms with Crippen molar-refractivity contribution in [2.24, 2.45) is 0 Å². The van der Waals surface area contributed by atoms with Gasteiger partial charge in [0.1, 0.15) is 0 Å². The second-order valence-corrected chi connectivity index (χ2v) is 5.84. The normalized spacial score (nSPS) is 30.6. The van der Waals surface area contributed by atoms with Gasteiger partial charge >= 0.3 is 0 Å². The van der Waals surface area contributed by atoms with Gasteiger partial charge in [-0.05, 0) is 32.5 Å². The van der Waals surface area contributed by atoms with E-state index in [1.54, 1.807) is 0 Å². The Bertz CT molecular complexity index is 250. The summed E-state index contributed by atoms with van der Waals surface area (Å²) in [7, 11) is 0. The molecule has 2 aliphatic heterocycles. The SMILES string of the molecule is CCNCC1CCCCN1CC1CN(CC)CCO1. The molecular formula is C15H31N3O. The predicted molar refractivity (Wildman–Crippen MR) is 79.6 cm³/mol. The molecule has 112 valence electrons. The maximum atomic E-state index is 5.96. The summed E-state index contributed by atoms with van der Waals surface area (Å²) >= 11 is 0. The molecule has 2 aliphatic rings. The van der Waals surface area contributed by atoms with E-state index in [0.717, 1.165) is 45.9 Å². The molecule has 0 aromatic carbocycles. The van der Waals surface area contributed by atoms with Gasteiger partial charge in [0.15, 0.2) is 0 Å². The third-order valence-corrected chi connectivity index (χ3v) is 4.49. The average Bonchev–Trinajstić information content (AvgIpc) is 2.46. The molecule has 2 saturated heterocycles. The van der Waals surface area contributed by atoms with E-state index in [1.807, 2.05) is 0 Å². The molecule has 0 aliphatic carbocycles. The van der Waals surface area contributed by atoms with Gasteiger partial charge in [0.05, 0.1) is 12.7 Å². The standard InChI is InChI=1S/C15H31N3O/c1-3-16-11-14-7-5-6-8-18(14)13-15-12-17(4-2)9-10-19-15/h14-16H,3-13H2,1-2H3. The Morgan fingerprint density at radius 2 is 2.11 bits per heavy atom. The number of likely N-dealkylation sites (N-methyl/N-ethyl adjacent to an activating group) is 2. The fraction of sp³-hybridized carbons (Fsp3) is 1.00. The molecule has 2 rings (SSSR count). The lowest BCUT2D eigenvalue weighted by molar-refractivity contribution is -0.0505. The number of hydrogen-bond acceptors (Lipinski definition) is 4. The van der Waals surface area contributed by atoms with E-state index in [1.165, 1.54) is 25.8 Å². The number of nitrogens with one attached hydrogen (secondary N) is 1. The minimum atomic E-state index is 0.413. The molecular weight excluding hydrogens is 238 g/mol. The molecule has 0 bridgehead atoms. The third kappa shape index (κ3) is 4.71. The summed E-state index contributed by atoms with van der Waals surface area (Å²) in [4.78, 5) is 5.17. The number of ether oxygens (including phenoxy) is 1. The number of likely N-dealkylation sites (tertiary alicyclic amines) is 1. The van der Waals surface area contributed by atoms with E-state index < -0.39 is 0 Å². The zero-order chi connectivity index (χ0) is 13.5. The van der Waals surface area contributed by atoms with E-state index >= 15 is 0 Å². The van der Waals surface area contributed by atoms with Gasteiger partial charge in [0, 0.05) is 32.2 Å². The molecule has 1 N–H and O–H groups in total. The molecule has 4 heteroatoms. The second kappa shape index (κ2) is 8.20. The molecule has 0 aromatic rings. The maximum absolute atomic E-state index is 5.96. The number of hydrogen-bond donors (Lipinski definition) is 1. The molecule has 0 saturated carbocycles. The van der Waals surface area contributed by atoms with Gasteiger partial charge in [-0.1, -0.05) is 20.3 Å². The Kier molecular flexibility index (Phi) is 6.57. The van der Waals surface area contributed by atoms with Crippen molar-refractivity contribution < 1.29 is 4.74 Å². The van der Waals surface area contributed by atoms with Crippen molar-refractivity contribution in [2.75, 3.05) is 52.4 Å². The smallest absolute Gasteiger partial charge is 0.0829 e. The van der Waals surface area contributed by atoms with Gasteiger partial charge in [0.2, 0.25) is 0 Å². The lowest BCUT2D eigenvalue weighted by Crippen LogP contribution is -2.52. The van der Waals surface area contributed by atoms with Crippen LogP contribution in [-0.4, -0.2) is 74.4 Å². The summed E-state index contributed by atoms with van der Waals surface area (Å²) in [6.07, 6.45) is 4.50. The second-order valence-electron chi connectivity index (χ2n) is 5.84. The topological polar surface area (TPSA) is 27.7 Å². The average molecular weight is 269 g/mol. The summed E-state index contributed by atoms with van der Waals surface area (Å²) in [6.45, 7) is 13.3. The first-order chi connectivity index (χ1) is 9.33. The highest BCUT2D eigenvalue weighted by atomic mass is 16.5. The molecule has 19 heavy (non-hydrogen) atoms. The number of nitrogens with zero attached hydrogens (tertiary/aromatic N) is 2. The Hall–Kier alpha value is -0.160. The molecule has 2 heterocycles. The molecule has 0 aromatic heterocycles. The van der Waals surface area contributed by atoms with Gasteiger partial charge in [-0.15, -0.1) is 0 Å². The third-order valence-electron chi connectivity index (χ3n) is 4.49. The van der Waals surface area contributed by atoms with E-state index in [4.69, 9.17) is 4.74 Å². The number of piperidine rings is 1. The van der Waals surface area contributed by atoms with Gasteiger partial charge in [-0.2, -0.15) is 0 Å². The summed E-state index contributed by atoms with van der Waals surface area (Å²) in [6, 6.07) is 0.717. The van der Waals surface area contributed by atoms with Crippen LogP contribution in [0.5, 0.6) is 0 Å². The molecule has 2 fully saturated rings. The van der Waals surface area contributed by atoms with Crippen LogP contribution in [0.4, 0.5) is 0 Å². The largest absolute Gasteiger partial charge is 0.374 e. The molecule has 2 atom stereocenters. The van der Waals surface area contributed by atoms with Crippen molar-refractivity contribution >= 4 is 0 Å². The predicted octanol–water partition coefficient (Wildman–Crippen LogP) is 1.17. The van der Waals surface area contributed by atoms with Crippen molar-refractivity contribution in [3.63, 3.8) is 0 Å². The highest BCUT2D eigenvalue weighted by Gasteiger charge is 2.27. The Morgan fingerprint density at radius 1 is 1.21 bits per heavy atom. The van der Waals surface area contributed by atoms with Gasteiger partial charge in [-0.25, -0.2) is 0 Å². The van der Waals surface area contributed by atoms with Crippen LogP contribution in [0.25, 0.3) is 0 Å². The van der Waals surface area contributed by atoms with Crippen molar-refractivity contribution in [3.05, 3.63) is 0 Å². The Balaban J connectivity index is 1.80. The quantitative estimate of drug-likeness (QED) is 0.783. The minimum Gasteiger partial charge on any atom is -0.374 e. The van der Waals surface area contributed by atoms with Crippen LogP contribution >= 0.6 is 0 Å². The fourth-order valence-corrected chi connectivity index (χ4v) is 3.28. The lowest BCUT2D eigenvalue weighted by atomic mass is 10.0. The minimum absolute atomic E-state index is 0.413. The van der Waals surface area contributed by atoms with Crippen LogP contribution in [0.15, 0.2) is 0 Å². The van der Waals surface area contributed by atoms with Gasteiger partial charge < -0.3 is 10.1 Å². The summed E-state index contributed by atoms with van der Waals surface area (Å²) in [5.41, 5.74) is 0. The first kappa shape index (κ1) is 15.2. The van der Waals surface area contributed by atoms with Crippen molar-refractivity contribution in [3.8, 4) is 0 Å². The molecule has 0 spiro atoms. The Labute approximate surface area is 118 Å². The fourth-order valence-electron chi connectivity index (χ4n) is 3.28. The highest BCUT2D eigenvalue weighted by molar-refractivity contribution is 4.83. The van der Waals surface area contributed by atoms with E-state index in [0.29, 0.717) is 12.1 Å². The van der Waals surface area contributed by atoms with Crippen LogP contribution in [0, 0.1) is 0 Å². The van der Waals surface area contributed by atoms with Crippen molar-refractivity contribution in [1.29, 1.82) is 0 Å². The number of morpholine rings is 1. The summed E-state index contributed by atoms with van der Waals surface area (Å²) < 4.78 is 5.96. The zero-order valence-electron chi connectivity index (χ0n) is 12.7. The van der Waals surface area contributed by atoms with E-state index in [-0.39, 0.29) is 0 Å². The van der Waals surface area contributed by atoms with Crippen LogP contribution in [-0.2, 0) is 4.74 Å². The molecule has 0 amide bonds. The van der Waals surface area contributed by atoms with E-state index in [9.17, 15) is 0 Å². The first-order valence-corrected chi connectivity index (χ1v) is 8.12. The van der Waals surface area contributed by atoms with Crippen LogP contribution in [0.3, 0.4) is 0 Å². The number of rotatable bonds is 6. The lowest BCUT2D eigenvalue weighted by Gasteiger charge is -2.40. The zero-order valence-corrected chi connectivity index (χ0v) is 12.7. The molecule has 2 unspecified atom stereocenters. The van der Waals surface area contributed by atoms with Crippen molar-refractivity contribution in [1.82, 2.24) is 15.1 Å². The van der Waals surface area contributed by atoms with Crippen LogP contribution in [0.2, 0.25) is 0 Å². The molecule has 0 radical (unpaired) electrons. The Morgan fingerprint density at radius 3 is 2.89 bits per heavy atom. The maximum Gasteiger partial charge on any atom is 0.0829 e. The molecule has 4 nitrogen and oxygen atoms in total. The first-order valence-electron chi connectivity index (χ1n) is 8.12. The van der Waals surface area contributed by atoms with Gasteiger partial charge in [-0.3, -0.25) is 9.80 Å². The van der Waals surface area contributed by atoms with Gasteiger partial charge in [0.25, 0.3) is 0 Å². The van der Waals surface area contributed by atoms with Crippen LogP contribution in [0.1, 0.15) is 33.1 Å². The summed E-state index contributed by atoms with van der Waals surface area (Å²) in [5.74, 6) is 0. The van der Waals surface area contributed by atoms with Crippen LogP contribution < -0.4 is 5.32 Å². The van der Waals surface area contributed by atoms with E-state index in [2.05, 4.69) is 29.0 Å². The summed E-state index contributed by atoms with van der Waals surface area (Å²) in [5, 5.41) is 3.51. The van der Waals surface area contributed by atoms with Crippen molar-refractivity contribution in [2.45, 2.75) is 45.3 Å². The monoisotopic (exact) mass is 269 g/mol.